The van der Waals surface area contributed by atoms with Gasteiger partial charge in [0, 0.05) is 0 Å². The van der Waals surface area contributed by atoms with Crippen molar-refractivity contribution < 1.29 is 14.3 Å². The summed E-state index contributed by atoms with van der Waals surface area (Å²) in [4.78, 5) is 10.8. The van der Waals surface area contributed by atoms with Crippen LogP contribution in [0.1, 0.15) is 36.8 Å². The SMILES string of the molecule is CC1Cc2c(F)cccc2C(CC(=O)O)C1. The molecule has 3 heteroatoms. The Hall–Kier alpha value is -1.38. The van der Waals surface area contributed by atoms with E-state index in [4.69, 9.17) is 5.11 Å². The van der Waals surface area contributed by atoms with Gasteiger partial charge in [-0.3, -0.25) is 4.79 Å². The Kier molecular flexibility index (Phi) is 2.95. The van der Waals surface area contributed by atoms with Gasteiger partial charge < -0.3 is 5.11 Å². The molecule has 86 valence electrons. The number of hydrogen-bond donors (Lipinski definition) is 1. The minimum atomic E-state index is -0.811. The average molecular weight is 222 g/mol. The second kappa shape index (κ2) is 4.24. The third-order valence-corrected chi connectivity index (χ3v) is 3.26. The topological polar surface area (TPSA) is 37.3 Å². The highest BCUT2D eigenvalue weighted by molar-refractivity contribution is 5.68. The lowest BCUT2D eigenvalue weighted by molar-refractivity contribution is -0.137. The Labute approximate surface area is 94.1 Å². The first kappa shape index (κ1) is 11.1. The van der Waals surface area contributed by atoms with E-state index < -0.39 is 5.97 Å². The number of carbonyl (C=O) groups is 1. The normalized spacial score (nSPS) is 23.9. The predicted molar refractivity (Wildman–Crippen MR) is 58.9 cm³/mol. The van der Waals surface area contributed by atoms with Crippen LogP contribution in [0.25, 0.3) is 0 Å². The molecule has 0 aliphatic heterocycles. The van der Waals surface area contributed by atoms with E-state index in [2.05, 4.69) is 0 Å². The smallest absolute Gasteiger partial charge is 0.303 e. The van der Waals surface area contributed by atoms with E-state index in [1.165, 1.54) is 6.07 Å². The first-order valence-electron chi connectivity index (χ1n) is 5.57. The lowest BCUT2D eigenvalue weighted by atomic mass is 9.76. The Bertz CT molecular complexity index is 414. The van der Waals surface area contributed by atoms with E-state index >= 15 is 0 Å². The molecule has 0 saturated heterocycles. The predicted octanol–water partition coefficient (Wildman–Crippen LogP) is 2.97. The maximum Gasteiger partial charge on any atom is 0.303 e. The molecular weight excluding hydrogens is 207 g/mol. The Morgan fingerprint density at radius 2 is 2.31 bits per heavy atom. The van der Waals surface area contributed by atoms with Crippen LogP contribution in [0.2, 0.25) is 0 Å². The number of carboxylic acid groups (broad SMARTS) is 1. The highest BCUT2D eigenvalue weighted by Gasteiger charge is 2.27. The van der Waals surface area contributed by atoms with Crippen molar-refractivity contribution in [2.24, 2.45) is 5.92 Å². The highest BCUT2D eigenvalue weighted by atomic mass is 19.1. The van der Waals surface area contributed by atoms with Crippen molar-refractivity contribution in [3.63, 3.8) is 0 Å². The summed E-state index contributed by atoms with van der Waals surface area (Å²) in [5.41, 5.74) is 1.60. The number of halogens is 1. The van der Waals surface area contributed by atoms with Gasteiger partial charge >= 0.3 is 5.97 Å². The lowest BCUT2D eigenvalue weighted by Crippen LogP contribution is -2.20. The van der Waals surface area contributed by atoms with Gasteiger partial charge in [-0.1, -0.05) is 19.1 Å². The van der Waals surface area contributed by atoms with E-state index in [1.54, 1.807) is 6.07 Å². The molecule has 0 radical (unpaired) electrons. The largest absolute Gasteiger partial charge is 0.481 e. The molecule has 0 spiro atoms. The number of aliphatic carboxylic acids is 1. The van der Waals surface area contributed by atoms with Crippen LogP contribution in [0, 0.1) is 11.7 Å². The molecule has 1 aliphatic carbocycles. The summed E-state index contributed by atoms with van der Waals surface area (Å²) < 4.78 is 13.6. The second-order valence-corrected chi connectivity index (χ2v) is 4.65. The standard InChI is InChI=1S/C13H15FO2/c1-8-5-9(7-13(15)16)10-3-2-4-12(14)11(10)6-8/h2-4,8-9H,5-7H2,1H3,(H,15,16). The highest BCUT2D eigenvalue weighted by Crippen LogP contribution is 2.37. The first-order chi connectivity index (χ1) is 7.58. The molecule has 2 atom stereocenters. The molecule has 2 unspecified atom stereocenters. The molecule has 2 nitrogen and oxygen atoms in total. The third-order valence-electron chi connectivity index (χ3n) is 3.26. The summed E-state index contributed by atoms with van der Waals surface area (Å²) in [6.45, 7) is 2.05. The van der Waals surface area contributed by atoms with E-state index in [9.17, 15) is 9.18 Å². The second-order valence-electron chi connectivity index (χ2n) is 4.65. The summed E-state index contributed by atoms with van der Waals surface area (Å²) in [7, 11) is 0. The van der Waals surface area contributed by atoms with Gasteiger partial charge in [-0.2, -0.15) is 0 Å². The van der Waals surface area contributed by atoms with Crippen LogP contribution in [-0.2, 0) is 11.2 Å². The number of carboxylic acids is 1. The maximum absolute atomic E-state index is 13.6. The first-order valence-corrected chi connectivity index (χ1v) is 5.57. The number of fused-ring (bicyclic) bond motifs is 1. The Morgan fingerprint density at radius 3 is 3.00 bits per heavy atom. The fourth-order valence-electron chi connectivity index (χ4n) is 2.62. The monoisotopic (exact) mass is 222 g/mol. The maximum atomic E-state index is 13.6. The van der Waals surface area contributed by atoms with Crippen molar-refractivity contribution in [3.8, 4) is 0 Å². The minimum absolute atomic E-state index is 0.0352. The van der Waals surface area contributed by atoms with Crippen molar-refractivity contribution in [3.05, 3.63) is 35.1 Å². The van der Waals surface area contributed by atoms with Crippen molar-refractivity contribution in [1.29, 1.82) is 0 Å². The fraction of sp³-hybridized carbons (Fsp3) is 0.462. The van der Waals surface area contributed by atoms with Crippen molar-refractivity contribution in [2.75, 3.05) is 0 Å². The molecule has 1 N–H and O–H groups in total. The molecule has 0 aromatic heterocycles. The molecule has 1 aliphatic rings. The van der Waals surface area contributed by atoms with Gasteiger partial charge in [-0.25, -0.2) is 4.39 Å². The summed E-state index contributed by atoms with van der Waals surface area (Å²) in [5, 5.41) is 8.85. The zero-order chi connectivity index (χ0) is 11.7. The fourth-order valence-corrected chi connectivity index (χ4v) is 2.62. The Morgan fingerprint density at radius 1 is 1.56 bits per heavy atom. The third kappa shape index (κ3) is 2.08. The van der Waals surface area contributed by atoms with Crippen LogP contribution in [-0.4, -0.2) is 11.1 Å². The van der Waals surface area contributed by atoms with Crippen LogP contribution in [0.4, 0.5) is 4.39 Å². The zero-order valence-electron chi connectivity index (χ0n) is 9.24. The lowest BCUT2D eigenvalue weighted by Gasteiger charge is -2.29. The minimum Gasteiger partial charge on any atom is -0.481 e. The van der Waals surface area contributed by atoms with Crippen molar-refractivity contribution >= 4 is 5.97 Å². The van der Waals surface area contributed by atoms with Crippen LogP contribution < -0.4 is 0 Å². The van der Waals surface area contributed by atoms with Crippen LogP contribution in [0.5, 0.6) is 0 Å². The van der Waals surface area contributed by atoms with Gasteiger partial charge in [0.15, 0.2) is 0 Å². The summed E-state index contributed by atoms with van der Waals surface area (Å²) in [6.07, 6.45) is 1.65. The van der Waals surface area contributed by atoms with Crippen molar-refractivity contribution in [1.82, 2.24) is 0 Å². The number of benzene rings is 1. The van der Waals surface area contributed by atoms with Crippen molar-refractivity contribution in [2.45, 2.75) is 32.1 Å². The zero-order valence-corrected chi connectivity index (χ0v) is 9.24. The van der Waals surface area contributed by atoms with E-state index in [-0.39, 0.29) is 18.2 Å². The van der Waals surface area contributed by atoms with E-state index in [0.29, 0.717) is 11.5 Å². The van der Waals surface area contributed by atoms with Gasteiger partial charge in [0.25, 0.3) is 0 Å². The molecule has 0 fully saturated rings. The van der Waals surface area contributed by atoms with Gasteiger partial charge in [-0.15, -0.1) is 0 Å². The summed E-state index contributed by atoms with van der Waals surface area (Å²) in [6, 6.07) is 4.98. The van der Waals surface area contributed by atoms with Gasteiger partial charge in [0.1, 0.15) is 5.82 Å². The van der Waals surface area contributed by atoms with Gasteiger partial charge in [0.2, 0.25) is 0 Å². The average Bonchev–Trinajstić information content (AvgIpc) is 2.18. The summed E-state index contributed by atoms with van der Waals surface area (Å²) in [5.74, 6) is -0.686. The number of hydrogen-bond acceptors (Lipinski definition) is 1. The van der Waals surface area contributed by atoms with Gasteiger partial charge in [-0.05, 0) is 41.9 Å². The molecule has 0 bridgehead atoms. The van der Waals surface area contributed by atoms with Gasteiger partial charge in [0.05, 0.1) is 6.42 Å². The van der Waals surface area contributed by atoms with Crippen LogP contribution in [0.15, 0.2) is 18.2 Å². The molecule has 1 aromatic rings. The Balaban J connectivity index is 2.38. The quantitative estimate of drug-likeness (QED) is 0.835. The molecule has 0 amide bonds. The molecule has 2 rings (SSSR count). The number of rotatable bonds is 2. The summed E-state index contributed by atoms with van der Waals surface area (Å²) >= 11 is 0. The molecule has 0 saturated carbocycles. The molecular formula is C13H15FO2. The van der Waals surface area contributed by atoms with Crippen LogP contribution >= 0.6 is 0 Å². The van der Waals surface area contributed by atoms with Crippen LogP contribution in [0.3, 0.4) is 0 Å². The molecule has 16 heavy (non-hydrogen) atoms. The van der Waals surface area contributed by atoms with E-state index in [0.717, 1.165) is 18.4 Å². The molecule has 0 heterocycles. The molecule has 1 aromatic carbocycles. The van der Waals surface area contributed by atoms with E-state index in [1.807, 2.05) is 13.0 Å².